The molecular weight excluding hydrogens is 242 g/mol. The maximum absolute atomic E-state index is 12.1. The van der Waals surface area contributed by atoms with Gasteiger partial charge in [0.05, 0.1) is 11.8 Å². The van der Waals surface area contributed by atoms with Crippen LogP contribution < -0.4 is 5.32 Å². The molecule has 0 aliphatic rings. The number of carbonyl (C=O) groups is 1. The minimum Gasteiger partial charge on any atom is -0.507 e. The van der Waals surface area contributed by atoms with Crippen molar-refractivity contribution in [3.05, 3.63) is 41.6 Å². The van der Waals surface area contributed by atoms with Crippen molar-refractivity contribution >= 4 is 11.7 Å². The Kier molecular flexibility index (Phi) is 3.55. The van der Waals surface area contributed by atoms with Crippen LogP contribution in [0.3, 0.4) is 0 Å². The largest absolute Gasteiger partial charge is 0.507 e. The third-order valence-corrected chi connectivity index (χ3v) is 2.80. The topological polar surface area (TPSA) is 67.2 Å². The summed E-state index contributed by atoms with van der Waals surface area (Å²) in [6.45, 7) is 5.83. The highest BCUT2D eigenvalue weighted by Crippen LogP contribution is 2.20. The van der Waals surface area contributed by atoms with E-state index < -0.39 is 0 Å². The molecule has 2 aromatic rings. The Bertz CT molecular complexity index is 602. The van der Waals surface area contributed by atoms with Crippen molar-refractivity contribution in [2.45, 2.75) is 26.8 Å². The molecule has 2 N–H and O–H groups in total. The first-order valence-corrected chi connectivity index (χ1v) is 6.13. The van der Waals surface area contributed by atoms with E-state index >= 15 is 0 Å². The maximum Gasteiger partial charge on any atom is 0.260 e. The molecule has 0 unspecified atom stereocenters. The van der Waals surface area contributed by atoms with Crippen molar-refractivity contribution in [3.8, 4) is 5.75 Å². The second kappa shape index (κ2) is 5.14. The van der Waals surface area contributed by atoms with Gasteiger partial charge in [0.15, 0.2) is 0 Å². The van der Waals surface area contributed by atoms with Crippen LogP contribution in [0.4, 0.5) is 5.82 Å². The van der Waals surface area contributed by atoms with Gasteiger partial charge in [0.1, 0.15) is 11.6 Å². The lowest BCUT2D eigenvalue weighted by molar-refractivity contribution is 0.102. The number of phenolic OH excluding ortho intramolecular Hbond substituents is 1. The summed E-state index contributed by atoms with van der Waals surface area (Å²) in [5, 5.41) is 16.6. The maximum atomic E-state index is 12.1. The molecule has 1 amide bonds. The number of amides is 1. The standard InChI is InChI=1S/C14H17N3O2/c1-9(2)17-13(6-7-15-17)16-14(19)11-8-10(3)4-5-12(11)18/h4-9,18H,1-3H3,(H,16,19). The zero-order chi connectivity index (χ0) is 14.0. The Hall–Kier alpha value is -2.30. The van der Waals surface area contributed by atoms with Gasteiger partial charge in [-0.25, -0.2) is 4.68 Å². The Balaban J connectivity index is 2.26. The summed E-state index contributed by atoms with van der Waals surface area (Å²) in [5.74, 6) is 0.239. The first-order valence-electron chi connectivity index (χ1n) is 6.13. The van der Waals surface area contributed by atoms with Crippen LogP contribution in [0.2, 0.25) is 0 Å². The normalized spacial score (nSPS) is 10.7. The molecule has 2 rings (SSSR count). The highest BCUT2D eigenvalue weighted by Gasteiger charge is 2.14. The number of carbonyl (C=O) groups excluding carboxylic acids is 1. The Morgan fingerprint density at radius 1 is 1.37 bits per heavy atom. The second-order valence-electron chi connectivity index (χ2n) is 4.73. The average Bonchev–Trinajstić information content (AvgIpc) is 2.80. The molecule has 0 saturated heterocycles. The van der Waals surface area contributed by atoms with Gasteiger partial charge in [-0.2, -0.15) is 5.10 Å². The van der Waals surface area contributed by atoms with Crippen molar-refractivity contribution < 1.29 is 9.90 Å². The summed E-state index contributed by atoms with van der Waals surface area (Å²) < 4.78 is 1.71. The van der Waals surface area contributed by atoms with Crippen LogP contribution in [0, 0.1) is 6.92 Å². The number of aromatic nitrogens is 2. The lowest BCUT2D eigenvalue weighted by Gasteiger charge is -2.12. The summed E-state index contributed by atoms with van der Waals surface area (Å²) in [5.41, 5.74) is 1.18. The molecule has 5 heteroatoms. The van der Waals surface area contributed by atoms with E-state index in [-0.39, 0.29) is 23.3 Å². The summed E-state index contributed by atoms with van der Waals surface area (Å²) >= 11 is 0. The van der Waals surface area contributed by atoms with Gasteiger partial charge in [0.2, 0.25) is 0 Å². The van der Waals surface area contributed by atoms with Gasteiger partial charge in [-0.3, -0.25) is 4.79 Å². The quantitative estimate of drug-likeness (QED) is 0.890. The van der Waals surface area contributed by atoms with Gasteiger partial charge >= 0.3 is 0 Å². The van der Waals surface area contributed by atoms with Gasteiger partial charge in [-0.15, -0.1) is 0 Å². The third kappa shape index (κ3) is 2.76. The summed E-state index contributed by atoms with van der Waals surface area (Å²) in [7, 11) is 0. The van der Waals surface area contributed by atoms with Crippen LogP contribution in [0.15, 0.2) is 30.5 Å². The predicted molar refractivity (Wildman–Crippen MR) is 73.4 cm³/mol. The number of hydrogen-bond acceptors (Lipinski definition) is 3. The monoisotopic (exact) mass is 259 g/mol. The number of phenols is 1. The van der Waals surface area contributed by atoms with Gasteiger partial charge in [0.25, 0.3) is 5.91 Å². The van der Waals surface area contributed by atoms with Crippen molar-refractivity contribution in [2.24, 2.45) is 0 Å². The summed E-state index contributed by atoms with van der Waals surface area (Å²) in [6.07, 6.45) is 1.63. The second-order valence-corrected chi connectivity index (χ2v) is 4.73. The molecule has 0 saturated carbocycles. The first kappa shape index (κ1) is 13.1. The smallest absolute Gasteiger partial charge is 0.260 e. The van der Waals surface area contributed by atoms with E-state index in [1.165, 1.54) is 6.07 Å². The molecule has 1 aromatic carbocycles. The van der Waals surface area contributed by atoms with Crippen molar-refractivity contribution in [1.29, 1.82) is 0 Å². The molecular formula is C14H17N3O2. The molecule has 100 valence electrons. The molecule has 1 heterocycles. The number of hydrogen-bond donors (Lipinski definition) is 2. The number of anilines is 1. The van der Waals surface area contributed by atoms with Gasteiger partial charge in [-0.1, -0.05) is 11.6 Å². The molecule has 0 radical (unpaired) electrons. The van der Waals surface area contributed by atoms with Gasteiger partial charge in [0, 0.05) is 12.1 Å². The Morgan fingerprint density at radius 3 is 2.79 bits per heavy atom. The summed E-state index contributed by atoms with van der Waals surface area (Å²) in [4.78, 5) is 12.1. The van der Waals surface area contributed by atoms with Crippen LogP contribution in [0.25, 0.3) is 0 Å². The van der Waals surface area contributed by atoms with Crippen LogP contribution >= 0.6 is 0 Å². The van der Waals surface area contributed by atoms with Crippen molar-refractivity contribution in [3.63, 3.8) is 0 Å². The predicted octanol–water partition coefficient (Wildman–Crippen LogP) is 2.73. The zero-order valence-corrected chi connectivity index (χ0v) is 11.2. The van der Waals surface area contributed by atoms with Crippen LogP contribution in [0.1, 0.15) is 35.8 Å². The van der Waals surface area contributed by atoms with Crippen LogP contribution in [-0.2, 0) is 0 Å². The van der Waals surface area contributed by atoms with Crippen molar-refractivity contribution in [2.75, 3.05) is 5.32 Å². The SMILES string of the molecule is Cc1ccc(O)c(C(=O)Nc2ccnn2C(C)C)c1. The molecule has 5 nitrogen and oxygen atoms in total. The molecule has 0 aliphatic carbocycles. The number of aromatic hydroxyl groups is 1. The van der Waals surface area contributed by atoms with Gasteiger partial charge in [-0.05, 0) is 32.9 Å². The van der Waals surface area contributed by atoms with Crippen molar-refractivity contribution in [1.82, 2.24) is 9.78 Å². The number of nitrogens with zero attached hydrogens (tertiary/aromatic N) is 2. The number of aryl methyl sites for hydroxylation is 1. The van der Waals surface area contributed by atoms with Crippen LogP contribution in [0.5, 0.6) is 5.75 Å². The third-order valence-electron chi connectivity index (χ3n) is 2.80. The summed E-state index contributed by atoms with van der Waals surface area (Å²) in [6, 6.07) is 6.80. The molecule has 1 aromatic heterocycles. The van der Waals surface area contributed by atoms with Gasteiger partial charge < -0.3 is 10.4 Å². The van der Waals surface area contributed by atoms with Crippen LogP contribution in [-0.4, -0.2) is 20.8 Å². The fourth-order valence-electron chi connectivity index (χ4n) is 1.84. The lowest BCUT2D eigenvalue weighted by Crippen LogP contribution is -2.17. The van der Waals surface area contributed by atoms with E-state index in [9.17, 15) is 9.90 Å². The Labute approximate surface area is 111 Å². The minimum absolute atomic E-state index is 0.0290. The minimum atomic E-state index is -0.344. The fourth-order valence-corrected chi connectivity index (χ4v) is 1.84. The first-order chi connectivity index (χ1) is 8.99. The lowest BCUT2D eigenvalue weighted by atomic mass is 10.1. The Morgan fingerprint density at radius 2 is 2.11 bits per heavy atom. The molecule has 0 fully saturated rings. The molecule has 0 spiro atoms. The van der Waals surface area contributed by atoms with E-state index in [2.05, 4.69) is 10.4 Å². The number of benzene rings is 1. The van der Waals surface area contributed by atoms with E-state index in [0.29, 0.717) is 5.82 Å². The molecule has 0 atom stereocenters. The van der Waals surface area contributed by atoms with E-state index in [0.717, 1.165) is 5.56 Å². The van der Waals surface area contributed by atoms with E-state index in [1.807, 2.05) is 20.8 Å². The number of nitrogens with one attached hydrogen (secondary N) is 1. The molecule has 0 bridgehead atoms. The van der Waals surface area contributed by atoms with E-state index in [4.69, 9.17) is 0 Å². The fraction of sp³-hybridized carbons (Fsp3) is 0.286. The molecule has 19 heavy (non-hydrogen) atoms. The zero-order valence-electron chi connectivity index (χ0n) is 11.2. The average molecular weight is 259 g/mol. The highest BCUT2D eigenvalue weighted by molar-refractivity contribution is 6.05. The number of rotatable bonds is 3. The van der Waals surface area contributed by atoms with E-state index in [1.54, 1.807) is 29.1 Å². The molecule has 0 aliphatic heterocycles. The highest BCUT2D eigenvalue weighted by atomic mass is 16.3.